The van der Waals surface area contributed by atoms with E-state index in [1.165, 1.54) is 10.4 Å². The summed E-state index contributed by atoms with van der Waals surface area (Å²) < 4.78 is 0.808. The second kappa shape index (κ2) is 5.90. The fourth-order valence-electron chi connectivity index (χ4n) is 1.92. The van der Waals surface area contributed by atoms with Gasteiger partial charge in [-0.25, -0.2) is 0 Å². The molecular formula is C14H15ClN2S2. The van der Waals surface area contributed by atoms with Crippen LogP contribution in [0.4, 0.5) is 5.69 Å². The molecule has 1 heterocycles. The van der Waals surface area contributed by atoms with Gasteiger partial charge in [-0.2, -0.15) is 0 Å². The minimum absolute atomic E-state index is 0.422. The van der Waals surface area contributed by atoms with Crippen molar-refractivity contribution < 1.29 is 0 Å². The van der Waals surface area contributed by atoms with E-state index >= 15 is 0 Å². The number of nitrogens with zero attached hydrogens (tertiary/aromatic N) is 1. The van der Waals surface area contributed by atoms with Gasteiger partial charge in [-0.1, -0.05) is 29.9 Å². The van der Waals surface area contributed by atoms with Crippen molar-refractivity contribution >= 4 is 45.8 Å². The van der Waals surface area contributed by atoms with Crippen LogP contribution in [0.3, 0.4) is 0 Å². The lowest BCUT2D eigenvalue weighted by Crippen LogP contribution is -2.21. The topological polar surface area (TPSA) is 29.3 Å². The Morgan fingerprint density at radius 3 is 2.68 bits per heavy atom. The number of anilines is 1. The molecule has 1 aromatic carbocycles. The molecule has 1 aromatic heterocycles. The summed E-state index contributed by atoms with van der Waals surface area (Å²) in [6.07, 6.45) is 0. The lowest BCUT2D eigenvalue weighted by molar-refractivity contribution is 0.937. The Morgan fingerprint density at radius 2 is 2.11 bits per heavy atom. The molecule has 0 aliphatic rings. The summed E-state index contributed by atoms with van der Waals surface area (Å²) in [5, 5.41) is 0. The van der Waals surface area contributed by atoms with Crippen LogP contribution < -0.4 is 10.6 Å². The monoisotopic (exact) mass is 310 g/mol. The fraction of sp³-hybridized carbons (Fsp3) is 0.214. The van der Waals surface area contributed by atoms with E-state index in [1.54, 1.807) is 11.3 Å². The molecule has 2 nitrogen and oxygen atoms in total. The van der Waals surface area contributed by atoms with Gasteiger partial charge in [0, 0.05) is 23.2 Å². The highest BCUT2D eigenvalue weighted by atomic mass is 35.5. The summed E-state index contributed by atoms with van der Waals surface area (Å²) in [6.45, 7) is 2.85. The SMILES string of the molecule is Cc1ccc(C(N)=S)c(N(C)Cc2ccc(Cl)s2)c1. The van der Waals surface area contributed by atoms with E-state index in [1.807, 2.05) is 31.3 Å². The summed E-state index contributed by atoms with van der Waals surface area (Å²) in [4.78, 5) is 3.78. The van der Waals surface area contributed by atoms with Crippen LogP contribution in [0.5, 0.6) is 0 Å². The van der Waals surface area contributed by atoms with Crippen molar-refractivity contribution in [2.24, 2.45) is 5.73 Å². The molecule has 5 heteroatoms. The standard InChI is InChI=1S/C14H15ClN2S2/c1-9-3-5-11(14(16)18)12(7-9)17(2)8-10-4-6-13(15)19-10/h3-7H,8H2,1-2H3,(H2,16,18). The smallest absolute Gasteiger partial charge is 0.106 e. The van der Waals surface area contributed by atoms with Gasteiger partial charge in [0.15, 0.2) is 0 Å². The van der Waals surface area contributed by atoms with Crippen LogP contribution in [0, 0.1) is 6.92 Å². The molecule has 0 amide bonds. The number of hydrogen-bond acceptors (Lipinski definition) is 3. The van der Waals surface area contributed by atoms with Gasteiger partial charge in [-0.15, -0.1) is 11.3 Å². The minimum Gasteiger partial charge on any atom is -0.389 e. The van der Waals surface area contributed by atoms with Gasteiger partial charge in [0.1, 0.15) is 4.99 Å². The van der Waals surface area contributed by atoms with Gasteiger partial charge in [0.05, 0.1) is 10.9 Å². The molecular weight excluding hydrogens is 296 g/mol. The van der Waals surface area contributed by atoms with Gasteiger partial charge in [0.2, 0.25) is 0 Å². The van der Waals surface area contributed by atoms with E-state index in [0.717, 1.165) is 22.1 Å². The lowest BCUT2D eigenvalue weighted by Gasteiger charge is -2.22. The maximum absolute atomic E-state index is 5.96. The highest BCUT2D eigenvalue weighted by Crippen LogP contribution is 2.27. The van der Waals surface area contributed by atoms with Crippen molar-refractivity contribution in [3.8, 4) is 0 Å². The van der Waals surface area contributed by atoms with Crippen LogP contribution in [0.15, 0.2) is 30.3 Å². The summed E-state index contributed by atoms with van der Waals surface area (Å²) in [7, 11) is 2.03. The summed E-state index contributed by atoms with van der Waals surface area (Å²) in [6, 6.07) is 10.1. The highest BCUT2D eigenvalue weighted by molar-refractivity contribution is 7.80. The van der Waals surface area contributed by atoms with Gasteiger partial charge < -0.3 is 10.6 Å². The first-order valence-electron chi connectivity index (χ1n) is 5.83. The number of aryl methyl sites for hydroxylation is 1. The van der Waals surface area contributed by atoms with Crippen LogP contribution in [-0.2, 0) is 6.54 Å². The molecule has 0 spiro atoms. The number of hydrogen-bond donors (Lipinski definition) is 1. The van der Waals surface area contributed by atoms with E-state index in [9.17, 15) is 0 Å². The van der Waals surface area contributed by atoms with Gasteiger partial charge in [0.25, 0.3) is 0 Å². The number of thiophene rings is 1. The molecule has 19 heavy (non-hydrogen) atoms. The average Bonchev–Trinajstić information content (AvgIpc) is 2.74. The zero-order valence-electron chi connectivity index (χ0n) is 10.8. The molecule has 0 atom stereocenters. The van der Waals surface area contributed by atoms with Gasteiger partial charge in [-0.05, 0) is 36.8 Å². The number of nitrogens with two attached hydrogens (primary N) is 1. The van der Waals surface area contributed by atoms with E-state index in [0.29, 0.717) is 4.99 Å². The Kier molecular flexibility index (Phi) is 4.45. The first kappa shape index (κ1) is 14.3. The molecule has 0 saturated carbocycles. The number of halogens is 1. The Morgan fingerprint density at radius 1 is 1.37 bits per heavy atom. The van der Waals surface area contributed by atoms with Crippen LogP contribution in [0.1, 0.15) is 16.0 Å². The van der Waals surface area contributed by atoms with Crippen molar-refractivity contribution in [2.75, 3.05) is 11.9 Å². The largest absolute Gasteiger partial charge is 0.389 e. The second-order valence-corrected chi connectivity index (χ2v) is 6.69. The van der Waals surface area contributed by atoms with Crippen LogP contribution >= 0.6 is 35.2 Å². The first-order chi connectivity index (χ1) is 8.97. The van der Waals surface area contributed by atoms with Gasteiger partial charge >= 0.3 is 0 Å². The van der Waals surface area contributed by atoms with Gasteiger partial charge in [-0.3, -0.25) is 0 Å². The van der Waals surface area contributed by atoms with Crippen molar-refractivity contribution in [2.45, 2.75) is 13.5 Å². The molecule has 0 aliphatic carbocycles. The molecule has 100 valence electrons. The third kappa shape index (κ3) is 3.47. The number of rotatable bonds is 4. The number of thiocarbonyl (C=S) groups is 1. The van der Waals surface area contributed by atoms with E-state index in [4.69, 9.17) is 29.6 Å². The molecule has 0 aliphatic heterocycles. The maximum Gasteiger partial charge on any atom is 0.106 e. The van der Waals surface area contributed by atoms with Crippen LogP contribution in [0.2, 0.25) is 4.34 Å². The molecule has 0 unspecified atom stereocenters. The zero-order valence-corrected chi connectivity index (χ0v) is 13.2. The Labute approximate surface area is 127 Å². The summed E-state index contributed by atoms with van der Waals surface area (Å²) >= 11 is 12.7. The van der Waals surface area contributed by atoms with E-state index < -0.39 is 0 Å². The van der Waals surface area contributed by atoms with E-state index in [2.05, 4.69) is 17.9 Å². The minimum atomic E-state index is 0.422. The second-order valence-electron chi connectivity index (χ2n) is 4.45. The Balaban J connectivity index is 2.29. The zero-order chi connectivity index (χ0) is 14.0. The average molecular weight is 311 g/mol. The molecule has 2 rings (SSSR count). The molecule has 0 radical (unpaired) electrons. The molecule has 0 fully saturated rings. The predicted molar refractivity (Wildman–Crippen MR) is 88.5 cm³/mol. The van der Waals surface area contributed by atoms with Crippen LogP contribution in [0.25, 0.3) is 0 Å². The predicted octanol–water partition coefficient (Wildman–Crippen LogP) is 3.98. The Hall–Kier alpha value is -1.10. The van der Waals surface area contributed by atoms with Crippen molar-refractivity contribution in [3.63, 3.8) is 0 Å². The van der Waals surface area contributed by atoms with Crippen molar-refractivity contribution in [1.82, 2.24) is 0 Å². The lowest BCUT2D eigenvalue weighted by atomic mass is 10.1. The first-order valence-corrected chi connectivity index (χ1v) is 7.43. The maximum atomic E-state index is 5.96. The van der Waals surface area contributed by atoms with E-state index in [-0.39, 0.29) is 0 Å². The molecule has 2 N–H and O–H groups in total. The van der Waals surface area contributed by atoms with Crippen molar-refractivity contribution in [1.29, 1.82) is 0 Å². The third-order valence-corrected chi connectivity index (χ3v) is 4.29. The van der Waals surface area contributed by atoms with Crippen LogP contribution in [-0.4, -0.2) is 12.0 Å². The highest BCUT2D eigenvalue weighted by Gasteiger charge is 2.11. The fourth-order valence-corrected chi connectivity index (χ4v) is 3.24. The molecule has 2 aromatic rings. The third-order valence-electron chi connectivity index (χ3n) is 2.85. The number of benzene rings is 1. The normalized spacial score (nSPS) is 10.5. The quantitative estimate of drug-likeness (QED) is 0.866. The summed E-state index contributed by atoms with van der Waals surface area (Å²) in [5.41, 5.74) is 8.93. The van der Waals surface area contributed by atoms with Crippen molar-refractivity contribution in [3.05, 3.63) is 50.7 Å². The Bertz CT molecular complexity index is 607. The summed E-state index contributed by atoms with van der Waals surface area (Å²) in [5.74, 6) is 0. The molecule has 0 bridgehead atoms. The molecule has 0 saturated heterocycles.